The van der Waals surface area contributed by atoms with E-state index in [-0.39, 0.29) is 11.8 Å². The molecule has 0 spiro atoms. The first kappa shape index (κ1) is 15.9. The Hall–Kier alpha value is -1.43. The van der Waals surface area contributed by atoms with E-state index in [1.807, 2.05) is 6.92 Å². The summed E-state index contributed by atoms with van der Waals surface area (Å²) in [6, 6.07) is 0. The molecule has 6 heteroatoms. The van der Waals surface area contributed by atoms with Crippen LogP contribution in [-0.2, 0) is 16.0 Å². The third-order valence-electron chi connectivity index (χ3n) is 4.17. The number of thiazole rings is 1. The van der Waals surface area contributed by atoms with Crippen LogP contribution in [0, 0.1) is 6.92 Å². The highest BCUT2D eigenvalue weighted by Gasteiger charge is 2.39. The van der Waals surface area contributed by atoms with Crippen LogP contribution < -0.4 is 10.6 Å². The van der Waals surface area contributed by atoms with Gasteiger partial charge in [-0.3, -0.25) is 9.59 Å². The van der Waals surface area contributed by atoms with Gasteiger partial charge in [0.25, 0.3) is 0 Å². The van der Waals surface area contributed by atoms with Crippen molar-refractivity contribution in [3.8, 4) is 0 Å². The molecular weight excluding hydrogens is 286 g/mol. The summed E-state index contributed by atoms with van der Waals surface area (Å²) in [5, 5.41) is 5.70. The Morgan fingerprint density at radius 1 is 1.33 bits per heavy atom. The number of amides is 2. The van der Waals surface area contributed by atoms with Gasteiger partial charge in [0.05, 0.1) is 11.2 Å². The number of nitrogens with one attached hydrogen (secondary N) is 2. The van der Waals surface area contributed by atoms with Crippen LogP contribution in [-0.4, -0.2) is 29.4 Å². The summed E-state index contributed by atoms with van der Waals surface area (Å²) in [4.78, 5) is 29.7. The third-order valence-corrected chi connectivity index (χ3v) is 5.17. The van der Waals surface area contributed by atoms with E-state index >= 15 is 0 Å². The molecule has 0 saturated heterocycles. The van der Waals surface area contributed by atoms with Gasteiger partial charge in [-0.15, -0.1) is 11.3 Å². The highest BCUT2D eigenvalue weighted by Crippen LogP contribution is 2.28. The second kappa shape index (κ2) is 7.02. The van der Waals surface area contributed by atoms with Crippen molar-refractivity contribution in [1.82, 2.24) is 15.6 Å². The fraction of sp³-hybridized carbons (Fsp3) is 0.667. The van der Waals surface area contributed by atoms with E-state index in [1.54, 1.807) is 23.9 Å². The number of nitrogens with zero attached hydrogens (tertiary/aromatic N) is 1. The van der Waals surface area contributed by atoms with Crippen LogP contribution in [0.5, 0.6) is 0 Å². The molecule has 1 heterocycles. The van der Waals surface area contributed by atoms with Gasteiger partial charge >= 0.3 is 0 Å². The molecule has 1 aliphatic carbocycles. The summed E-state index contributed by atoms with van der Waals surface area (Å²) in [5.74, 6) is -0.113. The fourth-order valence-electron chi connectivity index (χ4n) is 2.93. The predicted molar refractivity (Wildman–Crippen MR) is 83.2 cm³/mol. The number of hydrogen-bond donors (Lipinski definition) is 2. The average Bonchev–Trinajstić information content (AvgIpc) is 2.90. The normalized spacial score (nSPS) is 17.2. The molecule has 0 bridgehead atoms. The van der Waals surface area contributed by atoms with Crippen LogP contribution in [0.2, 0.25) is 0 Å². The first-order chi connectivity index (χ1) is 10.1. The van der Waals surface area contributed by atoms with E-state index in [0.717, 1.165) is 42.7 Å². The van der Waals surface area contributed by atoms with E-state index in [1.165, 1.54) is 0 Å². The standard InChI is InChI=1S/C15H23N3O2S/c1-11-12(21-10-17-11)6-7-13(19)18-15(14(20)16-2)8-4-3-5-9-15/h10H,3-9H2,1-2H3,(H,16,20)(H,18,19). The molecule has 1 aromatic heterocycles. The van der Waals surface area contributed by atoms with Crippen LogP contribution >= 0.6 is 11.3 Å². The van der Waals surface area contributed by atoms with Crippen LogP contribution in [0.25, 0.3) is 0 Å². The van der Waals surface area contributed by atoms with Crippen molar-refractivity contribution in [3.05, 3.63) is 16.1 Å². The Bertz CT molecular complexity index is 507. The minimum atomic E-state index is -0.702. The molecule has 0 unspecified atom stereocenters. The summed E-state index contributed by atoms with van der Waals surface area (Å²) in [7, 11) is 1.63. The summed E-state index contributed by atoms with van der Waals surface area (Å²) < 4.78 is 0. The number of likely N-dealkylation sites (N-methyl/N-ethyl adjacent to an activating group) is 1. The summed E-state index contributed by atoms with van der Waals surface area (Å²) >= 11 is 1.58. The average molecular weight is 309 g/mol. The lowest BCUT2D eigenvalue weighted by Gasteiger charge is -2.36. The fourth-order valence-corrected chi connectivity index (χ4v) is 3.71. The van der Waals surface area contributed by atoms with Gasteiger partial charge in [-0.05, 0) is 26.2 Å². The maximum atomic E-state index is 12.2. The van der Waals surface area contributed by atoms with Crippen molar-refractivity contribution in [2.24, 2.45) is 0 Å². The van der Waals surface area contributed by atoms with E-state index in [2.05, 4.69) is 15.6 Å². The zero-order valence-corrected chi connectivity index (χ0v) is 13.5. The lowest BCUT2D eigenvalue weighted by atomic mass is 9.80. The molecule has 0 radical (unpaired) electrons. The Balaban J connectivity index is 1.95. The topological polar surface area (TPSA) is 71.1 Å². The molecular formula is C15H23N3O2S. The van der Waals surface area contributed by atoms with Crippen molar-refractivity contribution >= 4 is 23.2 Å². The third kappa shape index (κ3) is 3.81. The highest BCUT2D eigenvalue weighted by molar-refractivity contribution is 7.09. The van der Waals surface area contributed by atoms with Gasteiger partial charge in [0.2, 0.25) is 11.8 Å². The Morgan fingerprint density at radius 2 is 2.05 bits per heavy atom. The van der Waals surface area contributed by atoms with Crippen LogP contribution in [0.15, 0.2) is 5.51 Å². The molecule has 116 valence electrons. The van der Waals surface area contributed by atoms with E-state index in [9.17, 15) is 9.59 Å². The van der Waals surface area contributed by atoms with Crippen molar-refractivity contribution in [1.29, 1.82) is 0 Å². The number of carbonyl (C=O) groups excluding carboxylic acids is 2. The van der Waals surface area contributed by atoms with Crippen molar-refractivity contribution in [2.45, 2.75) is 57.4 Å². The molecule has 1 aromatic rings. The van der Waals surface area contributed by atoms with E-state index < -0.39 is 5.54 Å². The lowest BCUT2D eigenvalue weighted by molar-refractivity contribution is -0.134. The molecule has 5 nitrogen and oxygen atoms in total. The molecule has 0 aliphatic heterocycles. The number of hydrogen-bond acceptors (Lipinski definition) is 4. The molecule has 2 amide bonds. The van der Waals surface area contributed by atoms with Gasteiger partial charge in [-0.2, -0.15) is 0 Å². The van der Waals surface area contributed by atoms with Crippen LogP contribution in [0.3, 0.4) is 0 Å². The minimum absolute atomic E-state index is 0.0479. The first-order valence-electron chi connectivity index (χ1n) is 7.49. The number of carbonyl (C=O) groups is 2. The second-order valence-corrected chi connectivity index (χ2v) is 6.57. The lowest BCUT2D eigenvalue weighted by Crippen LogP contribution is -2.59. The van der Waals surface area contributed by atoms with Crippen LogP contribution in [0.4, 0.5) is 0 Å². The highest BCUT2D eigenvalue weighted by atomic mass is 32.1. The first-order valence-corrected chi connectivity index (χ1v) is 8.37. The maximum absolute atomic E-state index is 12.2. The van der Waals surface area contributed by atoms with E-state index in [4.69, 9.17) is 0 Å². The SMILES string of the molecule is CNC(=O)C1(NC(=O)CCc2scnc2C)CCCCC1. The van der Waals surface area contributed by atoms with Gasteiger partial charge < -0.3 is 10.6 Å². The summed E-state index contributed by atoms with van der Waals surface area (Å²) in [6.45, 7) is 1.96. The monoisotopic (exact) mass is 309 g/mol. The molecule has 0 aromatic carbocycles. The predicted octanol–water partition coefficient (Wildman–Crippen LogP) is 1.95. The van der Waals surface area contributed by atoms with Crippen molar-refractivity contribution in [3.63, 3.8) is 0 Å². The Kier molecular flexibility index (Phi) is 5.33. The van der Waals surface area contributed by atoms with Gasteiger partial charge in [0.15, 0.2) is 0 Å². The van der Waals surface area contributed by atoms with Gasteiger partial charge in [-0.1, -0.05) is 19.3 Å². The summed E-state index contributed by atoms with van der Waals surface area (Å²) in [5.41, 5.74) is 2.09. The maximum Gasteiger partial charge on any atom is 0.245 e. The molecule has 1 saturated carbocycles. The molecule has 1 fully saturated rings. The van der Waals surface area contributed by atoms with Gasteiger partial charge in [-0.25, -0.2) is 4.98 Å². The number of aromatic nitrogens is 1. The van der Waals surface area contributed by atoms with E-state index in [0.29, 0.717) is 12.8 Å². The quantitative estimate of drug-likeness (QED) is 0.873. The van der Waals surface area contributed by atoms with Crippen molar-refractivity contribution in [2.75, 3.05) is 7.05 Å². The number of aryl methyl sites for hydroxylation is 2. The number of rotatable bonds is 5. The molecule has 2 N–H and O–H groups in total. The Morgan fingerprint density at radius 3 is 2.62 bits per heavy atom. The van der Waals surface area contributed by atoms with Gasteiger partial charge in [0.1, 0.15) is 5.54 Å². The molecule has 21 heavy (non-hydrogen) atoms. The largest absolute Gasteiger partial charge is 0.357 e. The zero-order chi connectivity index (χ0) is 15.3. The molecule has 0 atom stereocenters. The smallest absolute Gasteiger partial charge is 0.245 e. The molecule has 2 rings (SSSR count). The van der Waals surface area contributed by atoms with Crippen LogP contribution in [0.1, 0.15) is 49.1 Å². The van der Waals surface area contributed by atoms with Crippen molar-refractivity contribution < 1.29 is 9.59 Å². The zero-order valence-electron chi connectivity index (χ0n) is 12.7. The molecule has 1 aliphatic rings. The van der Waals surface area contributed by atoms with Gasteiger partial charge in [0, 0.05) is 18.3 Å². The Labute approximate surface area is 129 Å². The second-order valence-electron chi connectivity index (χ2n) is 5.63. The minimum Gasteiger partial charge on any atom is -0.357 e. The summed E-state index contributed by atoms with van der Waals surface area (Å²) in [6.07, 6.45) is 5.67.